The van der Waals surface area contributed by atoms with Crippen molar-refractivity contribution in [3.8, 4) is 0 Å². The highest BCUT2D eigenvalue weighted by Gasteiger charge is 2.33. The first-order valence-electron chi connectivity index (χ1n) is 8.18. The summed E-state index contributed by atoms with van der Waals surface area (Å²) < 4.78 is 0. The fourth-order valence-corrected chi connectivity index (χ4v) is 2.71. The third-order valence-corrected chi connectivity index (χ3v) is 4.35. The van der Waals surface area contributed by atoms with Crippen molar-refractivity contribution >= 4 is 11.6 Å². The third-order valence-electron chi connectivity index (χ3n) is 4.35. The molecule has 1 saturated carbocycles. The molecular weight excluding hydrogens is 284 g/mol. The molecule has 0 bridgehead atoms. The lowest BCUT2D eigenvalue weighted by molar-refractivity contribution is 0.0730. The van der Waals surface area contributed by atoms with Crippen LogP contribution in [-0.2, 0) is 6.54 Å². The number of amides is 1. The van der Waals surface area contributed by atoms with Crippen molar-refractivity contribution in [2.24, 2.45) is 0 Å². The molecule has 0 heterocycles. The molecule has 0 N–H and O–H groups in total. The first kappa shape index (κ1) is 15.6. The Morgan fingerprint density at radius 1 is 1.00 bits per heavy atom. The third kappa shape index (κ3) is 3.73. The highest BCUT2D eigenvalue weighted by molar-refractivity contribution is 5.95. The zero-order valence-electron chi connectivity index (χ0n) is 14.1. The summed E-state index contributed by atoms with van der Waals surface area (Å²) >= 11 is 0. The summed E-state index contributed by atoms with van der Waals surface area (Å²) in [5.41, 5.74) is 4.32. The minimum Gasteiger partial charge on any atom is -0.378 e. The number of anilines is 1. The molecule has 0 atom stereocenters. The Hall–Kier alpha value is -2.29. The van der Waals surface area contributed by atoms with Crippen LogP contribution >= 0.6 is 0 Å². The average Bonchev–Trinajstić information content (AvgIpc) is 3.38. The molecule has 0 radical (unpaired) electrons. The quantitative estimate of drug-likeness (QED) is 0.837. The first-order valence-corrected chi connectivity index (χ1v) is 8.18. The number of benzene rings is 2. The van der Waals surface area contributed by atoms with Crippen LogP contribution in [0, 0.1) is 6.92 Å². The van der Waals surface area contributed by atoms with E-state index >= 15 is 0 Å². The molecule has 2 aromatic carbocycles. The minimum absolute atomic E-state index is 0.137. The summed E-state index contributed by atoms with van der Waals surface area (Å²) in [7, 11) is 4.01. The van der Waals surface area contributed by atoms with E-state index in [-0.39, 0.29) is 5.91 Å². The van der Waals surface area contributed by atoms with Crippen LogP contribution in [0.4, 0.5) is 5.69 Å². The Balaban J connectivity index is 1.77. The lowest BCUT2D eigenvalue weighted by Crippen LogP contribution is -2.32. The molecule has 1 fully saturated rings. The molecule has 23 heavy (non-hydrogen) atoms. The number of carbonyl (C=O) groups is 1. The van der Waals surface area contributed by atoms with Crippen LogP contribution in [-0.4, -0.2) is 30.9 Å². The van der Waals surface area contributed by atoms with Gasteiger partial charge in [0.25, 0.3) is 5.91 Å². The molecule has 1 amide bonds. The summed E-state index contributed by atoms with van der Waals surface area (Å²) in [6, 6.07) is 16.7. The summed E-state index contributed by atoms with van der Waals surface area (Å²) in [5, 5.41) is 0. The lowest BCUT2D eigenvalue weighted by atomic mass is 10.1. The molecule has 0 spiro atoms. The standard InChI is InChI=1S/C20H24N2O/c1-15-4-6-16(7-5-15)14-22(19-12-13-19)20(23)17-8-10-18(11-9-17)21(2)3/h4-11,19H,12-14H2,1-3H3. The second-order valence-electron chi connectivity index (χ2n) is 6.59. The van der Waals surface area contributed by atoms with Gasteiger partial charge in [0.1, 0.15) is 0 Å². The van der Waals surface area contributed by atoms with Crippen molar-refractivity contribution in [1.82, 2.24) is 4.90 Å². The summed E-state index contributed by atoms with van der Waals surface area (Å²) in [6.07, 6.45) is 2.24. The van der Waals surface area contributed by atoms with E-state index in [4.69, 9.17) is 0 Å². The van der Waals surface area contributed by atoms with Crippen LogP contribution in [0.3, 0.4) is 0 Å². The number of aryl methyl sites for hydroxylation is 1. The number of carbonyl (C=O) groups excluding carboxylic acids is 1. The van der Waals surface area contributed by atoms with Gasteiger partial charge in [-0.3, -0.25) is 4.79 Å². The van der Waals surface area contributed by atoms with Crippen molar-refractivity contribution < 1.29 is 4.79 Å². The molecule has 0 aromatic heterocycles. The minimum atomic E-state index is 0.137. The molecule has 1 aliphatic carbocycles. The highest BCUT2D eigenvalue weighted by Crippen LogP contribution is 2.30. The highest BCUT2D eigenvalue weighted by atomic mass is 16.2. The van der Waals surface area contributed by atoms with Gasteiger partial charge in [0.2, 0.25) is 0 Å². The van der Waals surface area contributed by atoms with Crippen LogP contribution in [0.1, 0.15) is 34.3 Å². The summed E-state index contributed by atoms with van der Waals surface area (Å²) in [5.74, 6) is 0.137. The van der Waals surface area contributed by atoms with E-state index < -0.39 is 0 Å². The normalized spacial score (nSPS) is 13.7. The fraction of sp³-hybridized carbons (Fsp3) is 0.350. The largest absolute Gasteiger partial charge is 0.378 e. The Bertz CT molecular complexity index is 670. The molecule has 120 valence electrons. The van der Waals surface area contributed by atoms with E-state index in [1.807, 2.05) is 48.2 Å². The number of rotatable bonds is 5. The van der Waals surface area contributed by atoms with E-state index in [1.54, 1.807) is 0 Å². The lowest BCUT2D eigenvalue weighted by Gasteiger charge is -2.23. The second-order valence-corrected chi connectivity index (χ2v) is 6.59. The van der Waals surface area contributed by atoms with E-state index in [2.05, 4.69) is 31.2 Å². The van der Waals surface area contributed by atoms with Crippen LogP contribution < -0.4 is 4.90 Å². The molecule has 3 heteroatoms. The van der Waals surface area contributed by atoms with E-state index in [0.717, 1.165) is 24.1 Å². The molecule has 3 rings (SSSR count). The molecule has 0 aliphatic heterocycles. The summed E-state index contributed by atoms with van der Waals surface area (Å²) in [6.45, 7) is 2.78. The maximum Gasteiger partial charge on any atom is 0.254 e. The van der Waals surface area contributed by atoms with E-state index in [1.165, 1.54) is 11.1 Å². The maximum absolute atomic E-state index is 12.9. The molecule has 0 unspecified atom stereocenters. The number of hydrogen-bond donors (Lipinski definition) is 0. The van der Waals surface area contributed by atoms with Gasteiger partial charge in [0.05, 0.1) is 0 Å². The van der Waals surface area contributed by atoms with Gasteiger partial charge in [-0.1, -0.05) is 29.8 Å². The Morgan fingerprint density at radius 3 is 2.13 bits per heavy atom. The average molecular weight is 308 g/mol. The van der Waals surface area contributed by atoms with Crippen molar-refractivity contribution in [2.75, 3.05) is 19.0 Å². The van der Waals surface area contributed by atoms with Crippen molar-refractivity contribution in [3.05, 3.63) is 65.2 Å². The molecule has 1 aliphatic rings. The second kappa shape index (κ2) is 6.45. The number of hydrogen-bond acceptors (Lipinski definition) is 2. The summed E-state index contributed by atoms with van der Waals surface area (Å²) in [4.78, 5) is 17.0. The first-order chi connectivity index (χ1) is 11.0. The zero-order chi connectivity index (χ0) is 16.4. The molecular formula is C20H24N2O. The fourth-order valence-electron chi connectivity index (χ4n) is 2.71. The molecule has 2 aromatic rings. The van der Waals surface area contributed by atoms with E-state index in [9.17, 15) is 4.79 Å². The van der Waals surface area contributed by atoms with Gasteiger partial charge in [-0.2, -0.15) is 0 Å². The van der Waals surface area contributed by atoms with Gasteiger partial charge in [0.15, 0.2) is 0 Å². The maximum atomic E-state index is 12.9. The Morgan fingerprint density at radius 2 is 1.61 bits per heavy atom. The van der Waals surface area contributed by atoms with Crippen LogP contribution in [0.25, 0.3) is 0 Å². The van der Waals surface area contributed by atoms with Gasteiger partial charge in [-0.25, -0.2) is 0 Å². The van der Waals surface area contributed by atoms with E-state index in [0.29, 0.717) is 12.6 Å². The monoisotopic (exact) mass is 308 g/mol. The molecule has 3 nitrogen and oxygen atoms in total. The van der Waals surface area contributed by atoms with Crippen molar-refractivity contribution in [3.63, 3.8) is 0 Å². The van der Waals surface area contributed by atoms with Gasteiger partial charge >= 0.3 is 0 Å². The molecule has 0 saturated heterocycles. The van der Waals surface area contributed by atoms with Crippen molar-refractivity contribution in [1.29, 1.82) is 0 Å². The van der Waals surface area contributed by atoms with Gasteiger partial charge in [0, 0.05) is 37.9 Å². The van der Waals surface area contributed by atoms with Crippen LogP contribution in [0.2, 0.25) is 0 Å². The topological polar surface area (TPSA) is 23.6 Å². The van der Waals surface area contributed by atoms with Crippen LogP contribution in [0.5, 0.6) is 0 Å². The zero-order valence-corrected chi connectivity index (χ0v) is 14.1. The predicted octanol–water partition coefficient (Wildman–Crippen LogP) is 3.87. The van der Waals surface area contributed by atoms with Crippen LogP contribution in [0.15, 0.2) is 48.5 Å². The Kier molecular flexibility index (Phi) is 4.37. The van der Waals surface area contributed by atoms with Gasteiger partial charge < -0.3 is 9.80 Å². The van der Waals surface area contributed by atoms with Gasteiger partial charge in [-0.05, 0) is 49.6 Å². The van der Waals surface area contributed by atoms with Gasteiger partial charge in [-0.15, -0.1) is 0 Å². The number of nitrogens with zero attached hydrogens (tertiary/aromatic N) is 2. The Labute approximate surface area is 138 Å². The predicted molar refractivity (Wildman–Crippen MR) is 94.8 cm³/mol. The smallest absolute Gasteiger partial charge is 0.254 e. The van der Waals surface area contributed by atoms with Crippen molar-refractivity contribution in [2.45, 2.75) is 32.4 Å². The SMILES string of the molecule is Cc1ccc(CN(C(=O)c2ccc(N(C)C)cc2)C2CC2)cc1.